The van der Waals surface area contributed by atoms with E-state index >= 15 is 0 Å². The van der Waals surface area contributed by atoms with E-state index in [4.69, 9.17) is 0 Å². The van der Waals surface area contributed by atoms with Crippen LogP contribution in [0.5, 0.6) is 0 Å². The molecule has 0 saturated carbocycles. The smallest absolute Gasteiger partial charge is 0.0690 e. The van der Waals surface area contributed by atoms with Crippen molar-refractivity contribution in [1.82, 2.24) is 0 Å². The van der Waals surface area contributed by atoms with E-state index in [2.05, 4.69) is 107 Å². The van der Waals surface area contributed by atoms with Crippen LogP contribution in [0.4, 0.5) is 0 Å². The summed E-state index contributed by atoms with van der Waals surface area (Å²) in [5.74, 6) is 0. The highest BCUT2D eigenvalue weighted by Gasteiger charge is 2.39. The molecule has 0 rings (SSSR count). The van der Waals surface area contributed by atoms with Crippen LogP contribution in [0.1, 0.15) is 0 Å². The maximum atomic E-state index is 9.48. The Hall–Kier alpha value is 9.89. The lowest BCUT2D eigenvalue weighted by molar-refractivity contribution is 4.51. The van der Waals surface area contributed by atoms with Crippen LogP contribution in [-0.4, -0.2) is 1.28 Å². The fraction of sp³-hybridized carbons (Fsp3) is 0. The fourth-order valence-electron chi connectivity index (χ4n) is 1.03. The van der Waals surface area contributed by atoms with Crippen LogP contribution < -0.4 is 0 Å². The summed E-state index contributed by atoms with van der Waals surface area (Å²) < 4.78 is 9.48. The van der Waals surface area contributed by atoms with Gasteiger partial charge in [0, 0.05) is 0 Å². The van der Waals surface area contributed by atoms with Gasteiger partial charge in [0.1, 0.15) is 0 Å². The first-order valence-corrected chi connectivity index (χ1v) is 45.9. The third-order valence-corrected chi connectivity index (χ3v) is 139. The Balaban J connectivity index is 6.10. The molecule has 13 unspecified atom stereocenters. The maximum Gasteiger partial charge on any atom is 0.0690 e. The van der Waals surface area contributed by atoms with Crippen molar-refractivity contribution in [2.75, 3.05) is 0 Å². The van der Waals surface area contributed by atoms with Crippen molar-refractivity contribution in [3.8, 4) is 0 Å². The van der Waals surface area contributed by atoms with Crippen molar-refractivity contribution in [3.05, 3.63) is 0 Å². The van der Waals surface area contributed by atoms with Gasteiger partial charge >= 0.3 is 0 Å². The summed E-state index contributed by atoms with van der Waals surface area (Å²) in [6.45, 7) is -1.32. The summed E-state index contributed by atoms with van der Waals surface area (Å²) >= 11 is 0. The minimum absolute atomic E-state index is 0.0724. The van der Waals surface area contributed by atoms with Crippen molar-refractivity contribution < 1.29 is 0 Å². The zero-order valence-corrected chi connectivity index (χ0v) is 35.5. The van der Waals surface area contributed by atoms with Gasteiger partial charge in [0.15, 0.2) is 0 Å². The molecule has 0 heterocycles. The highest BCUT2D eigenvalue weighted by atomic mass is 33.4. The van der Waals surface area contributed by atoms with E-state index in [-0.39, 0.29) is 69.9 Å². The van der Waals surface area contributed by atoms with Crippen LogP contribution in [0, 0.1) is 0 Å². The molecule has 0 amide bonds. The Morgan fingerprint density at radius 1 is 0.435 bits per heavy atom. The molecule has 0 nitrogen and oxygen atoms in total. The number of hydrogen-bond acceptors (Lipinski definition) is 0. The molecule has 0 aliphatic heterocycles. The van der Waals surface area contributed by atoms with Gasteiger partial charge in [-0.3, -0.25) is 0 Å². The monoisotopic (exact) mass is 740 g/mol. The summed E-state index contributed by atoms with van der Waals surface area (Å²) in [7, 11) is 36.7. The lowest BCUT2D eigenvalue weighted by atomic mass is 28.6. The van der Waals surface area contributed by atoms with Crippen LogP contribution in [0.15, 0.2) is 0 Å². The lowest BCUT2D eigenvalue weighted by Crippen LogP contribution is -1.55. The zero-order valence-electron chi connectivity index (χ0n) is 12.8. The average molecular weight is 740 g/mol. The topological polar surface area (TPSA) is 0 Å². The van der Waals surface area contributed by atoms with Crippen molar-refractivity contribution in [2.24, 2.45) is 0 Å². The van der Waals surface area contributed by atoms with Crippen molar-refractivity contribution in [1.29, 1.82) is 1.28 Å². The Labute approximate surface area is 184 Å². The van der Waals surface area contributed by atoms with Gasteiger partial charge in [-0.2, -0.15) is 0 Å². The van der Waals surface area contributed by atoms with Crippen LogP contribution >= 0.6 is 185 Å². The quantitative estimate of drug-likeness (QED) is 0.196. The maximum absolute atomic E-state index is 9.48. The second-order valence-corrected chi connectivity index (χ2v) is 93.0. The minimum atomic E-state index is -0.625. The van der Waals surface area contributed by atoms with Gasteiger partial charge in [-0.05, 0) is 77.8 Å². The SMILES string of the molecule is [3H]P(P(P(P)P)P(P)P)P(P(P(P)P)P(P)P)P(P(P)P)P(P)P. The van der Waals surface area contributed by atoms with Gasteiger partial charge in [0.25, 0.3) is 0 Å². The van der Waals surface area contributed by atoms with E-state index in [0.717, 1.165) is 0 Å². The molecule has 0 aromatic heterocycles. The van der Waals surface area contributed by atoms with Gasteiger partial charge in [0.2, 0.25) is 0 Å². The molecular formula is H25P23. The third-order valence-electron chi connectivity index (χ3n) is 1.72. The first kappa shape index (κ1) is 30.9. The molecule has 23 heavy (non-hydrogen) atoms. The largest absolute Gasteiger partial charge is 0.102 e. The molecule has 0 N–H and O–H groups in total. The summed E-state index contributed by atoms with van der Waals surface area (Å²) in [5.41, 5.74) is 0. The van der Waals surface area contributed by atoms with E-state index < -0.39 is 7.90 Å². The van der Waals surface area contributed by atoms with Crippen molar-refractivity contribution in [3.63, 3.8) is 0 Å². The van der Waals surface area contributed by atoms with E-state index in [1.165, 1.54) is 0 Å². The standard InChI is InChI=1S/H25P23/c1-14(2)20(15(3)4)13-21(22(16(5)6)17(7)8)23(18(9)10)19(11)12/h13H,1-12H2/i13T. The minimum Gasteiger partial charge on any atom is -0.102 e. The first-order valence-electron chi connectivity index (χ1n) is 5.55. The molecule has 0 aliphatic rings. The second-order valence-electron chi connectivity index (χ2n) is 3.44. The molecule has 23 heteroatoms. The fourth-order valence-corrected chi connectivity index (χ4v) is 251. The normalized spacial score (nSPS) is 15.8. The molecule has 140 valence electrons. The molecular weight excluding hydrogens is 712 g/mol. The Kier molecular flexibility index (Phi) is 24.5. The number of hydrogen-bond donors (Lipinski definition) is 0. The first-order chi connectivity index (χ1) is 10.8. The van der Waals surface area contributed by atoms with Gasteiger partial charge in [-0.25, -0.2) is 0 Å². The predicted octanol–water partition coefficient (Wildman–Crippen LogP) is 13.1. The van der Waals surface area contributed by atoms with E-state index in [9.17, 15) is 1.28 Å². The predicted molar refractivity (Wildman–Crippen MR) is 194 cm³/mol. The van der Waals surface area contributed by atoms with Crippen LogP contribution in [0.25, 0.3) is 0 Å². The molecule has 0 aromatic carbocycles. The van der Waals surface area contributed by atoms with E-state index in [0.29, 0.717) is 0 Å². The zero-order chi connectivity index (χ0) is 19.4. The molecule has 0 saturated heterocycles. The summed E-state index contributed by atoms with van der Waals surface area (Å²) in [4.78, 5) is 0. The molecule has 0 aromatic rings. The highest BCUT2D eigenvalue weighted by Crippen LogP contribution is 3.28. The molecule has 0 bridgehead atoms. The Bertz CT molecular complexity index is 283. The van der Waals surface area contributed by atoms with Crippen molar-refractivity contribution >= 4 is 185 Å². The molecule has 13 atom stereocenters. The third kappa shape index (κ3) is 13.5. The van der Waals surface area contributed by atoms with Crippen LogP contribution in [0.3, 0.4) is 0 Å². The number of rotatable bonds is 10. The molecule has 0 fully saturated rings. The highest BCUT2D eigenvalue weighted by molar-refractivity contribution is 9.34. The second kappa shape index (κ2) is 18.2. The van der Waals surface area contributed by atoms with Crippen LogP contribution in [0.2, 0.25) is 0 Å². The Morgan fingerprint density at radius 2 is 0.696 bits per heavy atom. The Morgan fingerprint density at radius 3 is 0.870 bits per heavy atom. The van der Waals surface area contributed by atoms with Gasteiger partial charge in [-0.1, -0.05) is 0 Å². The molecule has 0 spiro atoms. The molecule has 0 aliphatic carbocycles. The van der Waals surface area contributed by atoms with Crippen LogP contribution in [-0.2, 0) is 0 Å². The molecule has 0 radical (unpaired) electrons. The average Bonchev–Trinajstić information content (AvgIpc) is 2.34. The van der Waals surface area contributed by atoms with Crippen molar-refractivity contribution in [2.45, 2.75) is 0 Å². The van der Waals surface area contributed by atoms with E-state index in [1.807, 2.05) is 0 Å². The van der Waals surface area contributed by atoms with Gasteiger partial charge in [0.05, 0.1) is 1.28 Å². The van der Waals surface area contributed by atoms with E-state index in [1.54, 1.807) is 0 Å². The summed E-state index contributed by atoms with van der Waals surface area (Å²) in [6.07, 6.45) is 0. The van der Waals surface area contributed by atoms with Gasteiger partial charge < -0.3 is 0 Å². The summed E-state index contributed by atoms with van der Waals surface area (Å²) in [5, 5.41) is 0. The summed E-state index contributed by atoms with van der Waals surface area (Å²) in [6, 6.07) is 0. The lowest BCUT2D eigenvalue weighted by Gasteiger charge is -2.43. The van der Waals surface area contributed by atoms with Gasteiger partial charge in [-0.15, -0.1) is 107 Å².